The van der Waals surface area contributed by atoms with Gasteiger partial charge < -0.3 is 14.7 Å². The van der Waals surface area contributed by atoms with Gasteiger partial charge in [-0.15, -0.1) is 24.9 Å². The highest BCUT2D eigenvalue weighted by atomic mass is 32.2. The molecule has 8 heteroatoms. The van der Waals surface area contributed by atoms with Gasteiger partial charge in [0, 0.05) is 29.8 Å². The SMILES string of the molecule is C=C.CC.CC/C=C(\C)CCN(CC/C(C)=C/COCC(=O)O)CC1SC(C2=CCC(C(F)(F)F)C=C2)=CC1C. The van der Waals surface area contributed by atoms with Gasteiger partial charge in [0.2, 0.25) is 0 Å². The van der Waals surface area contributed by atoms with E-state index in [2.05, 4.69) is 51.0 Å². The van der Waals surface area contributed by atoms with Crippen molar-refractivity contribution in [3.8, 4) is 0 Å². The lowest BCUT2D eigenvalue weighted by molar-refractivity contribution is -0.160. The number of carbonyl (C=O) groups is 1. The number of ether oxygens (including phenoxy) is 1. The second-order valence-electron chi connectivity index (χ2n) is 9.67. The van der Waals surface area contributed by atoms with E-state index in [1.54, 1.807) is 23.9 Å². The molecule has 0 aromatic carbocycles. The van der Waals surface area contributed by atoms with E-state index in [-0.39, 0.29) is 19.6 Å². The maximum Gasteiger partial charge on any atom is 0.395 e. The summed E-state index contributed by atoms with van der Waals surface area (Å²) in [7, 11) is 0. The van der Waals surface area contributed by atoms with Crippen molar-refractivity contribution in [3.05, 3.63) is 71.2 Å². The average molecular weight is 586 g/mol. The minimum Gasteiger partial charge on any atom is -0.480 e. The molecule has 0 radical (unpaired) electrons. The molecule has 2 rings (SSSR count). The molecule has 3 unspecified atom stereocenters. The molecule has 0 aromatic heterocycles. The van der Waals surface area contributed by atoms with Gasteiger partial charge in [-0.3, -0.25) is 0 Å². The molecule has 0 bridgehead atoms. The van der Waals surface area contributed by atoms with Crippen molar-refractivity contribution >= 4 is 17.7 Å². The number of aliphatic carboxylic acids is 1. The summed E-state index contributed by atoms with van der Waals surface area (Å²) in [6.07, 6.45) is 9.74. The van der Waals surface area contributed by atoms with Crippen LogP contribution in [0.5, 0.6) is 0 Å². The van der Waals surface area contributed by atoms with Crippen molar-refractivity contribution in [1.29, 1.82) is 0 Å². The van der Waals surface area contributed by atoms with Crippen molar-refractivity contribution in [3.63, 3.8) is 0 Å². The van der Waals surface area contributed by atoms with Gasteiger partial charge in [-0.2, -0.15) is 13.2 Å². The Labute approximate surface area is 244 Å². The first-order valence-corrected chi connectivity index (χ1v) is 15.0. The first-order valence-electron chi connectivity index (χ1n) is 14.2. The van der Waals surface area contributed by atoms with Gasteiger partial charge >= 0.3 is 12.1 Å². The molecule has 40 heavy (non-hydrogen) atoms. The Balaban J connectivity index is 0.00000363. The van der Waals surface area contributed by atoms with Crippen LogP contribution in [0, 0.1) is 11.8 Å². The summed E-state index contributed by atoms with van der Waals surface area (Å²) in [6.45, 7) is 21.2. The van der Waals surface area contributed by atoms with Crippen LogP contribution in [0.15, 0.2) is 71.2 Å². The molecule has 0 aromatic rings. The lowest BCUT2D eigenvalue weighted by atomic mass is 9.95. The fourth-order valence-electron chi connectivity index (χ4n) is 4.19. The molecule has 0 saturated carbocycles. The number of alkyl halides is 3. The Bertz CT molecular complexity index is 906. The normalized spacial score (nSPS) is 21.2. The molecular formula is C32H50F3NO3S. The zero-order valence-corrected chi connectivity index (χ0v) is 26.0. The van der Waals surface area contributed by atoms with Crippen LogP contribution in [0.2, 0.25) is 0 Å². The molecule has 1 N–H and O–H groups in total. The standard InChI is InChI=1S/C28H40F3NO3S.C2H6.C2H4/c1-5-6-20(2)11-14-32(15-12-21(3)13-16-35-19-27(33)34)18-26-22(4)17-25(36-26)23-7-9-24(10-8-23)28(29,30)31;2*1-2/h6-9,13,17,22,24,26H,5,10-12,14-16,18-19H2,1-4H3,(H,33,34);1-2H3;1-2H2/b20-6+,21-13+;;. The van der Waals surface area contributed by atoms with Gasteiger partial charge in [0.1, 0.15) is 6.61 Å². The molecule has 0 saturated heterocycles. The summed E-state index contributed by atoms with van der Waals surface area (Å²) in [5.74, 6) is -2.03. The zero-order chi connectivity index (χ0) is 30.7. The van der Waals surface area contributed by atoms with Crippen LogP contribution >= 0.6 is 11.8 Å². The number of thioether (sulfide) groups is 1. The third kappa shape index (κ3) is 15.1. The number of nitrogens with zero attached hydrogens (tertiary/aromatic N) is 1. The summed E-state index contributed by atoms with van der Waals surface area (Å²) in [6, 6.07) is 0. The third-order valence-electron chi connectivity index (χ3n) is 6.49. The number of carboxylic acids is 1. The van der Waals surface area contributed by atoms with Crippen molar-refractivity contribution in [1.82, 2.24) is 4.90 Å². The van der Waals surface area contributed by atoms with Crippen molar-refractivity contribution in [2.75, 3.05) is 32.8 Å². The van der Waals surface area contributed by atoms with E-state index in [4.69, 9.17) is 9.84 Å². The van der Waals surface area contributed by atoms with E-state index in [0.717, 1.165) is 54.9 Å². The van der Waals surface area contributed by atoms with E-state index < -0.39 is 18.1 Å². The molecule has 1 aliphatic carbocycles. The first kappa shape index (κ1) is 38.0. The van der Waals surface area contributed by atoms with E-state index >= 15 is 0 Å². The summed E-state index contributed by atoms with van der Waals surface area (Å²) < 4.78 is 44.1. The van der Waals surface area contributed by atoms with Gasteiger partial charge in [-0.05, 0) is 51.0 Å². The highest BCUT2D eigenvalue weighted by molar-refractivity contribution is 8.04. The van der Waals surface area contributed by atoms with E-state index in [1.807, 2.05) is 26.8 Å². The quantitative estimate of drug-likeness (QED) is 0.163. The molecule has 0 amide bonds. The lowest BCUT2D eigenvalue weighted by Crippen LogP contribution is -2.34. The zero-order valence-electron chi connectivity index (χ0n) is 25.2. The maximum absolute atomic E-state index is 13.0. The molecule has 0 spiro atoms. The number of hydrogen-bond acceptors (Lipinski definition) is 4. The van der Waals surface area contributed by atoms with Crippen LogP contribution in [-0.2, 0) is 9.53 Å². The summed E-state index contributed by atoms with van der Waals surface area (Å²) in [5, 5.41) is 9.03. The van der Waals surface area contributed by atoms with Crippen LogP contribution in [-0.4, -0.2) is 60.3 Å². The summed E-state index contributed by atoms with van der Waals surface area (Å²) >= 11 is 1.77. The van der Waals surface area contributed by atoms with Crippen LogP contribution in [0.25, 0.3) is 0 Å². The highest BCUT2D eigenvalue weighted by Gasteiger charge is 2.38. The third-order valence-corrected chi connectivity index (χ3v) is 8.00. The molecule has 1 aliphatic heterocycles. The second-order valence-corrected chi connectivity index (χ2v) is 10.9. The predicted octanol–water partition coefficient (Wildman–Crippen LogP) is 9.00. The van der Waals surface area contributed by atoms with Crippen molar-refractivity contribution in [2.45, 2.75) is 78.7 Å². The number of hydrogen-bond donors (Lipinski definition) is 1. The van der Waals surface area contributed by atoms with Gasteiger partial charge in [-0.25, -0.2) is 4.79 Å². The molecule has 1 heterocycles. The fraction of sp³-hybridized carbons (Fsp3) is 0.594. The Hall–Kier alpha value is -2.03. The number of rotatable bonds is 14. The first-order chi connectivity index (χ1) is 19.0. The second kappa shape index (κ2) is 20.8. The molecule has 3 atom stereocenters. The van der Waals surface area contributed by atoms with Crippen molar-refractivity contribution in [2.24, 2.45) is 11.8 Å². The maximum atomic E-state index is 13.0. The monoisotopic (exact) mass is 585 g/mol. The molecular weight excluding hydrogens is 535 g/mol. The Morgan fingerprint density at radius 3 is 2.27 bits per heavy atom. The molecule has 4 nitrogen and oxygen atoms in total. The smallest absolute Gasteiger partial charge is 0.395 e. The van der Waals surface area contributed by atoms with Gasteiger partial charge in [0.05, 0.1) is 12.5 Å². The number of carboxylic acid groups (broad SMARTS) is 1. The number of allylic oxidation sites excluding steroid dienone is 6. The van der Waals surface area contributed by atoms with Gasteiger partial charge in [0.25, 0.3) is 0 Å². The fourth-order valence-corrected chi connectivity index (χ4v) is 5.67. The molecule has 2 aliphatic rings. The largest absolute Gasteiger partial charge is 0.480 e. The Morgan fingerprint density at radius 2 is 1.77 bits per heavy atom. The summed E-state index contributed by atoms with van der Waals surface area (Å²) in [5.41, 5.74) is 3.44. The number of halogens is 3. The van der Waals surface area contributed by atoms with E-state index in [0.29, 0.717) is 11.2 Å². The Morgan fingerprint density at radius 1 is 1.18 bits per heavy atom. The van der Waals surface area contributed by atoms with Crippen LogP contribution in [0.1, 0.15) is 67.2 Å². The molecule has 0 fully saturated rings. The topological polar surface area (TPSA) is 49.8 Å². The summed E-state index contributed by atoms with van der Waals surface area (Å²) in [4.78, 5) is 14.1. The average Bonchev–Trinajstić information content (AvgIpc) is 3.30. The molecule has 228 valence electrons. The van der Waals surface area contributed by atoms with Crippen LogP contribution < -0.4 is 0 Å². The lowest BCUT2D eigenvalue weighted by Gasteiger charge is -2.28. The minimum absolute atomic E-state index is 0.00321. The van der Waals surface area contributed by atoms with Crippen LogP contribution in [0.3, 0.4) is 0 Å². The predicted molar refractivity (Wildman–Crippen MR) is 165 cm³/mol. The minimum atomic E-state index is -4.19. The van der Waals surface area contributed by atoms with Gasteiger partial charge in [0.15, 0.2) is 0 Å². The van der Waals surface area contributed by atoms with Gasteiger partial charge in [-0.1, -0.05) is 75.3 Å². The van der Waals surface area contributed by atoms with Crippen molar-refractivity contribution < 1.29 is 27.8 Å². The Kier molecular flexibility index (Phi) is 19.7. The van der Waals surface area contributed by atoms with E-state index in [1.165, 1.54) is 11.6 Å². The highest BCUT2D eigenvalue weighted by Crippen LogP contribution is 2.43. The van der Waals surface area contributed by atoms with E-state index in [9.17, 15) is 18.0 Å². The van der Waals surface area contributed by atoms with Crippen LogP contribution in [0.4, 0.5) is 13.2 Å².